The van der Waals surface area contributed by atoms with Gasteiger partial charge in [0.25, 0.3) is 10.0 Å². The van der Waals surface area contributed by atoms with E-state index in [0.717, 1.165) is 11.1 Å². The average Bonchev–Trinajstić information content (AvgIpc) is 3.20. The van der Waals surface area contributed by atoms with Gasteiger partial charge in [0.1, 0.15) is 4.21 Å². The number of rotatable bonds is 6. The molecule has 23 heavy (non-hydrogen) atoms. The Hall–Kier alpha value is -1.96. The van der Waals surface area contributed by atoms with E-state index in [1.165, 1.54) is 15.6 Å². The first-order valence-corrected chi connectivity index (χ1v) is 9.43. The fraction of sp³-hybridized carbons (Fsp3) is 0.188. The van der Waals surface area contributed by atoms with Gasteiger partial charge in [-0.05, 0) is 17.0 Å². The number of aromatic nitrogens is 2. The van der Waals surface area contributed by atoms with Crippen molar-refractivity contribution in [3.8, 4) is 0 Å². The maximum Gasteiger partial charge on any atom is 0.252 e. The van der Waals surface area contributed by atoms with E-state index in [9.17, 15) is 8.42 Å². The van der Waals surface area contributed by atoms with Crippen LogP contribution in [0.15, 0.2) is 64.4 Å². The van der Waals surface area contributed by atoms with Crippen molar-refractivity contribution in [1.29, 1.82) is 0 Å². The molecule has 5 nitrogen and oxygen atoms in total. The molecule has 7 heteroatoms. The molecule has 3 rings (SSSR count). The second-order valence-electron chi connectivity index (χ2n) is 5.22. The lowest BCUT2D eigenvalue weighted by atomic mass is 10.2. The molecular formula is C16H17N3O2S2. The number of thiophene rings is 1. The third kappa shape index (κ3) is 3.69. The van der Waals surface area contributed by atoms with Crippen LogP contribution in [0.5, 0.6) is 0 Å². The van der Waals surface area contributed by atoms with E-state index < -0.39 is 10.0 Å². The van der Waals surface area contributed by atoms with Gasteiger partial charge in [0.15, 0.2) is 0 Å². The predicted molar refractivity (Wildman–Crippen MR) is 90.7 cm³/mol. The van der Waals surface area contributed by atoms with Crippen molar-refractivity contribution in [2.75, 3.05) is 7.05 Å². The normalized spacial score (nSPS) is 11.9. The van der Waals surface area contributed by atoms with Crippen LogP contribution in [0.3, 0.4) is 0 Å². The minimum atomic E-state index is -3.43. The van der Waals surface area contributed by atoms with E-state index in [2.05, 4.69) is 5.10 Å². The first-order valence-electron chi connectivity index (χ1n) is 7.11. The summed E-state index contributed by atoms with van der Waals surface area (Å²) in [6.07, 6.45) is 3.59. The van der Waals surface area contributed by atoms with Crippen LogP contribution in [-0.2, 0) is 23.1 Å². The zero-order chi connectivity index (χ0) is 16.3. The molecule has 0 aliphatic rings. The Bertz CT molecular complexity index is 856. The molecule has 0 aliphatic heterocycles. The zero-order valence-electron chi connectivity index (χ0n) is 12.7. The Morgan fingerprint density at radius 1 is 1.13 bits per heavy atom. The van der Waals surface area contributed by atoms with Gasteiger partial charge < -0.3 is 0 Å². The highest BCUT2D eigenvalue weighted by molar-refractivity contribution is 7.91. The number of nitrogens with zero attached hydrogens (tertiary/aromatic N) is 3. The number of hydrogen-bond acceptors (Lipinski definition) is 4. The van der Waals surface area contributed by atoms with Crippen molar-refractivity contribution in [3.63, 3.8) is 0 Å². The van der Waals surface area contributed by atoms with Gasteiger partial charge in [0, 0.05) is 25.4 Å². The van der Waals surface area contributed by atoms with E-state index in [-0.39, 0.29) is 0 Å². The van der Waals surface area contributed by atoms with Gasteiger partial charge in [0.2, 0.25) is 0 Å². The molecule has 0 spiro atoms. The Balaban J connectivity index is 1.69. The van der Waals surface area contributed by atoms with Crippen molar-refractivity contribution in [1.82, 2.24) is 14.1 Å². The molecular weight excluding hydrogens is 330 g/mol. The summed E-state index contributed by atoms with van der Waals surface area (Å²) < 4.78 is 28.3. The highest BCUT2D eigenvalue weighted by Crippen LogP contribution is 2.21. The fourth-order valence-electron chi connectivity index (χ4n) is 2.25. The molecule has 0 fully saturated rings. The van der Waals surface area contributed by atoms with Crippen molar-refractivity contribution < 1.29 is 8.42 Å². The quantitative estimate of drug-likeness (QED) is 0.689. The second-order valence-corrected chi connectivity index (χ2v) is 8.44. The summed E-state index contributed by atoms with van der Waals surface area (Å²) >= 11 is 1.23. The molecule has 0 amide bonds. The smallest absolute Gasteiger partial charge is 0.252 e. The van der Waals surface area contributed by atoms with Crippen molar-refractivity contribution in [2.24, 2.45) is 0 Å². The molecule has 0 radical (unpaired) electrons. The summed E-state index contributed by atoms with van der Waals surface area (Å²) in [5.74, 6) is 0. The second kappa shape index (κ2) is 6.66. The first kappa shape index (κ1) is 15.9. The molecule has 0 aliphatic carbocycles. The molecule has 0 bridgehead atoms. The molecule has 2 aromatic heterocycles. The van der Waals surface area contributed by atoms with Gasteiger partial charge in [-0.2, -0.15) is 9.40 Å². The molecule has 0 saturated heterocycles. The largest absolute Gasteiger partial charge is 0.268 e. The van der Waals surface area contributed by atoms with Crippen molar-refractivity contribution >= 4 is 21.4 Å². The fourth-order valence-corrected chi connectivity index (χ4v) is 4.61. The van der Waals surface area contributed by atoms with Crippen LogP contribution in [-0.4, -0.2) is 29.6 Å². The lowest BCUT2D eigenvalue weighted by Gasteiger charge is -2.14. The molecule has 120 valence electrons. The lowest BCUT2D eigenvalue weighted by Crippen LogP contribution is -2.25. The van der Waals surface area contributed by atoms with Crippen LogP contribution in [0.1, 0.15) is 11.1 Å². The molecule has 0 saturated carbocycles. The maximum atomic E-state index is 12.4. The molecule has 0 N–H and O–H groups in total. The van der Waals surface area contributed by atoms with E-state index >= 15 is 0 Å². The highest BCUT2D eigenvalue weighted by Gasteiger charge is 2.22. The van der Waals surface area contributed by atoms with E-state index in [1.54, 1.807) is 30.8 Å². The van der Waals surface area contributed by atoms with Crippen LogP contribution in [0.2, 0.25) is 0 Å². The van der Waals surface area contributed by atoms with Gasteiger partial charge in [-0.15, -0.1) is 11.3 Å². The molecule has 2 heterocycles. The number of benzene rings is 1. The third-order valence-electron chi connectivity index (χ3n) is 3.44. The minimum Gasteiger partial charge on any atom is -0.268 e. The SMILES string of the molecule is CN(Cc1cnn(Cc2ccccc2)c1)S(=O)(=O)c1cccs1. The van der Waals surface area contributed by atoms with Crippen LogP contribution < -0.4 is 0 Å². The van der Waals surface area contributed by atoms with Crippen LogP contribution in [0.4, 0.5) is 0 Å². The Morgan fingerprint density at radius 3 is 2.61 bits per heavy atom. The van der Waals surface area contributed by atoms with Crippen LogP contribution in [0.25, 0.3) is 0 Å². The molecule has 0 unspecified atom stereocenters. The lowest BCUT2D eigenvalue weighted by molar-refractivity contribution is 0.468. The monoisotopic (exact) mass is 347 g/mol. The average molecular weight is 347 g/mol. The summed E-state index contributed by atoms with van der Waals surface area (Å²) in [7, 11) is -1.84. The van der Waals surface area contributed by atoms with Gasteiger partial charge >= 0.3 is 0 Å². The number of hydrogen-bond donors (Lipinski definition) is 0. The van der Waals surface area contributed by atoms with Crippen LogP contribution in [0, 0.1) is 0 Å². The van der Waals surface area contributed by atoms with E-state index in [1.807, 2.05) is 41.2 Å². The van der Waals surface area contributed by atoms with E-state index in [0.29, 0.717) is 17.3 Å². The van der Waals surface area contributed by atoms with Gasteiger partial charge in [-0.25, -0.2) is 8.42 Å². The molecule has 0 atom stereocenters. The zero-order valence-corrected chi connectivity index (χ0v) is 14.3. The standard InChI is InChI=1S/C16H17N3O2S2/c1-18(23(20,21)16-8-5-9-22-16)11-15-10-17-19(13-15)12-14-6-3-2-4-7-14/h2-10,13H,11-12H2,1H3. The van der Waals surface area contributed by atoms with Crippen LogP contribution >= 0.6 is 11.3 Å². The molecule has 1 aromatic carbocycles. The minimum absolute atomic E-state index is 0.301. The highest BCUT2D eigenvalue weighted by atomic mass is 32.2. The Labute approximate surface area is 139 Å². The van der Waals surface area contributed by atoms with Gasteiger partial charge in [-0.3, -0.25) is 4.68 Å². The maximum absolute atomic E-state index is 12.4. The summed E-state index contributed by atoms with van der Waals surface area (Å²) in [6, 6.07) is 13.4. The third-order valence-corrected chi connectivity index (χ3v) is 6.62. The summed E-state index contributed by atoms with van der Waals surface area (Å²) in [5, 5.41) is 6.07. The summed E-state index contributed by atoms with van der Waals surface area (Å²) in [6.45, 7) is 0.969. The van der Waals surface area contributed by atoms with E-state index in [4.69, 9.17) is 0 Å². The number of sulfonamides is 1. The van der Waals surface area contributed by atoms with Crippen molar-refractivity contribution in [2.45, 2.75) is 17.3 Å². The van der Waals surface area contributed by atoms with Gasteiger partial charge in [-0.1, -0.05) is 36.4 Å². The van der Waals surface area contributed by atoms with Gasteiger partial charge in [0.05, 0.1) is 12.7 Å². The Morgan fingerprint density at radius 2 is 1.91 bits per heavy atom. The first-order chi connectivity index (χ1) is 11.1. The summed E-state index contributed by atoms with van der Waals surface area (Å²) in [4.78, 5) is 0. The predicted octanol–water partition coefficient (Wildman–Crippen LogP) is 2.81. The topological polar surface area (TPSA) is 55.2 Å². The summed E-state index contributed by atoms with van der Waals surface area (Å²) in [5.41, 5.74) is 2.02. The molecule has 3 aromatic rings. The van der Waals surface area contributed by atoms with Crippen molar-refractivity contribution in [3.05, 3.63) is 71.4 Å². The Kier molecular flexibility index (Phi) is 4.61.